The number of nitrogens with zero attached hydrogens (tertiary/aromatic N) is 5. The molecule has 2 atom stereocenters. The average molecular weight is 680 g/mol. The van der Waals surface area contributed by atoms with Crippen LogP contribution in [0.4, 0.5) is 16.0 Å². The van der Waals surface area contributed by atoms with Crippen molar-refractivity contribution in [3.8, 4) is 11.7 Å². The first kappa shape index (κ1) is 32.8. The van der Waals surface area contributed by atoms with Gasteiger partial charge in [0.15, 0.2) is 10.8 Å². The summed E-state index contributed by atoms with van der Waals surface area (Å²) in [6.07, 6.45) is 9.68. The molecule has 2 N–H and O–H groups in total. The summed E-state index contributed by atoms with van der Waals surface area (Å²) < 4.78 is 49.3. The van der Waals surface area contributed by atoms with E-state index in [1.165, 1.54) is 31.7 Å². The molecule has 4 heterocycles. The Hall–Kier alpha value is -3.74. The van der Waals surface area contributed by atoms with Gasteiger partial charge in [0.25, 0.3) is 15.9 Å². The van der Waals surface area contributed by atoms with Gasteiger partial charge >= 0.3 is 0 Å². The SMILES string of the molecule is CC(CCF)CNc1cccc(S(=O)(=O)NC(=O)c2ccc(-n3ccc(OCCC4C5(CC5)C45CC5)n3)nc2N2CC(C)CC2(C)C)n1. The van der Waals surface area contributed by atoms with Crippen LogP contribution >= 0.6 is 0 Å². The van der Waals surface area contributed by atoms with Crippen molar-refractivity contribution in [1.82, 2.24) is 24.5 Å². The summed E-state index contributed by atoms with van der Waals surface area (Å²) in [4.78, 5) is 24.9. The van der Waals surface area contributed by atoms with Crippen LogP contribution in [0.3, 0.4) is 0 Å². The zero-order valence-electron chi connectivity index (χ0n) is 28.2. The molecule has 0 bridgehead atoms. The van der Waals surface area contributed by atoms with Crippen LogP contribution < -0.4 is 19.7 Å². The molecule has 7 rings (SSSR count). The number of carbonyl (C=O) groups is 1. The third kappa shape index (κ3) is 6.03. The number of sulfonamides is 1. The lowest BCUT2D eigenvalue weighted by Crippen LogP contribution is -2.41. The van der Waals surface area contributed by atoms with Crippen LogP contribution in [-0.2, 0) is 10.0 Å². The topological polar surface area (TPSA) is 131 Å². The highest BCUT2D eigenvalue weighted by Crippen LogP contribution is 2.93. The Morgan fingerprint density at radius 1 is 1.10 bits per heavy atom. The van der Waals surface area contributed by atoms with Gasteiger partial charge in [0, 0.05) is 30.9 Å². The number of pyridine rings is 2. The number of nitrogens with one attached hydrogen (secondary N) is 2. The quantitative estimate of drug-likeness (QED) is 0.218. The molecule has 11 nitrogen and oxygen atoms in total. The molecule has 1 aliphatic heterocycles. The summed E-state index contributed by atoms with van der Waals surface area (Å²) in [5.74, 6) is 2.12. The predicted molar refractivity (Wildman–Crippen MR) is 181 cm³/mol. The number of ether oxygens (including phenoxy) is 1. The van der Waals surface area contributed by atoms with Gasteiger partial charge in [-0.2, -0.15) is 8.42 Å². The minimum Gasteiger partial charge on any atom is -0.477 e. The Kier molecular flexibility index (Phi) is 8.19. The van der Waals surface area contributed by atoms with Gasteiger partial charge in [0.2, 0.25) is 5.88 Å². The molecular weight excluding hydrogens is 633 g/mol. The van der Waals surface area contributed by atoms with Crippen LogP contribution in [-0.4, -0.2) is 66.0 Å². The summed E-state index contributed by atoms with van der Waals surface area (Å²) in [6, 6.07) is 9.58. The highest BCUT2D eigenvalue weighted by atomic mass is 32.2. The van der Waals surface area contributed by atoms with Crippen molar-refractivity contribution in [2.24, 2.45) is 28.6 Å². The molecule has 4 aliphatic rings. The van der Waals surface area contributed by atoms with E-state index in [1.807, 2.05) is 13.0 Å². The van der Waals surface area contributed by atoms with E-state index in [0.717, 1.165) is 18.8 Å². The van der Waals surface area contributed by atoms with E-state index in [2.05, 4.69) is 45.8 Å². The zero-order chi connectivity index (χ0) is 33.9. The van der Waals surface area contributed by atoms with E-state index in [0.29, 0.717) is 66.2 Å². The van der Waals surface area contributed by atoms with Gasteiger partial charge in [-0.05, 0) is 112 Å². The fourth-order valence-corrected chi connectivity index (χ4v) is 9.45. The number of rotatable bonds is 14. The van der Waals surface area contributed by atoms with Crippen molar-refractivity contribution < 1.29 is 22.3 Å². The molecule has 2 unspecified atom stereocenters. The molecule has 4 fully saturated rings. The lowest BCUT2D eigenvalue weighted by molar-refractivity contribution is 0.0981. The molecule has 3 aromatic rings. The second kappa shape index (κ2) is 12.0. The van der Waals surface area contributed by atoms with Gasteiger partial charge in [-0.3, -0.25) is 9.18 Å². The molecule has 48 heavy (non-hydrogen) atoms. The number of hydrogen-bond donors (Lipinski definition) is 2. The molecule has 3 saturated carbocycles. The van der Waals surface area contributed by atoms with Crippen LogP contribution in [0.2, 0.25) is 0 Å². The van der Waals surface area contributed by atoms with E-state index >= 15 is 0 Å². The number of alkyl halides is 1. The maximum Gasteiger partial charge on any atom is 0.281 e. The second-order valence-electron chi connectivity index (χ2n) is 15.1. The molecule has 0 radical (unpaired) electrons. The molecule has 2 spiro atoms. The van der Waals surface area contributed by atoms with Gasteiger partial charge in [-0.25, -0.2) is 19.4 Å². The van der Waals surface area contributed by atoms with Gasteiger partial charge in [-0.1, -0.05) is 19.9 Å². The zero-order valence-corrected chi connectivity index (χ0v) is 29.0. The number of aromatic nitrogens is 4. The first-order valence-electron chi connectivity index (χ1n) is 17.2. The minimum absolute atomic E-state index is 0.0427. The second-order valence-corrected chi connectivity index (χ2v) is 16.8. The van der Waals surface area contributed by atoms with Gasteiger partial charge in [0.05, 0.1) is 18.8 Å². The van der Waals surface area contributed by atoms with E-state index in [-0.39, 0.29) is 22.0 Å². The van der Waals surface area contributed by atoms with Crippen LogP contribution in [0.15, 0.2) is 47.6 Å². The van der Waals surface area contributed by atoms with Crippen LogP contribution in [0.1, 0.15) is 83.0 Å². The monoisotopic (exact) mass is 679 g/mol. The van der Waals surface area contributed by atoms with Gasteiger partial charge in [0.1, 0.15) is 11.6 Å². The number of fused-ring (bicyclic) bond motifs is 1. The predicted octanol–water partition coefficient (Wildman–Crippen LogP) is 5.77. The maximum absolute atomic E-state index is 13.7. The van der Waals surface area contributed by atoms with Crippen LogP contribution in [0.5, 0.6) is 5.88 Å². The first-order valence-corrected chi connectivity index (χ1v) is 18.7. The standard InChI is InChI=1S/C35H46FN7O4S/c1-23(10-17-36)21-37-27-6-5-7-30(38-27)48(45,46)41-32(44)25-8-9-28(39-31(25)42-22-24(2)20-33(42,3)4)43-18-11-29(40-43)47-19-12-26-34(13-14-34)35(26)15-16-35/h5-9,11,18,23-24,26H,10,12-17,19-22H2,1-4H3,(H,37,38)(H,41,44). The first-order chi connectivity index (χ1) is 22.9. The molecule has 1 saturated heterocycles. The highest BCUT2D eigenvalue weighted by Gasteiger charge is 2.85. The highest BCUT2D eigenvalue weighted by molar-refractivity contribution is 7.90. The third-order valence-electron chi connectivity index (χ3n) is 11.2. The number of hydrogen-bond acceptors (Lipinski definition) is 9. The van der Waals surface area contributed by atoms with Crippen molar-refractivity contribution in [3.63, 3.8) is 0 Å². The summed E-state index contributed by atoms with van der Waals surface area (Å²) in [5.41, 5.74) is 1.12. The molecule has 1 amide bonds. The van der Waals surface area contributed by atoms with Gasteiger partial charge in [-0.15, -0.1) is 5.10 Å². The minimum atomic E-state index is -4.33. The summed E-state index contributed by atoms with van der Waals surface area (Å²) in [5, 5.41) is 7.37. The van der Waals surface area contributed by atoms with E-state index in [9.17, 15) is 17.6 Å². The van der Waals surface area contributed by atoms with E-state index in [4.69, 9.17) is 9.72 Å². The average Bonchev–Trinajstić information content (AvgIpc) is 4.00. The van der Waals surface area contributed by atoms with Crippen LogP contribution in [0, 0.1) is 28.6 Å². The Bertz CT molecular complexity index is 1790. The Labute approximate surface area is 282 Å². The maximum atomic E-state index is 13.7. The Morgan fingerprint density at radius 3 is 2.52 bits per heavy atom. The van der Waals surface area contributed by atoms with E-state index in [1.54, 1.807) is 35.1 Å². The fraction of sp³-hybridized carbons (Fsp3) is 0.600. The van der Waals surface area contributed by atoms with Crippen molar-refractivity contribution in [3.05, 3.63) is 48.2 Å². The van der Waals surface area contributed by atoms with E-state index < -0.39 is 22.6 Å². The smallest absolute Gasteiger partial charge is 0.281 e. The van der Waals surface area contributed by atoms with Crippen molar-refractivity contribution in [2.45, 2.75) is 83.2 Å². The Morgan fingerprint density at radius 2 is 1.85 bits per heavy atom. The largest absolute Gasteiger partial charge is 0.477 e. The summed E-state index contributed by atoms with van der Waals surface area (Å²) >= 11 is 0. The lowest BCUT2D eigenvalue weighted by Gasteiger charge is -2.34. The summed E-state index contributed by atoms with van der Waals surface area (Å²) in [7, 11) is -4.33. The lowest BCUT2D eigenvalue weighted by atomic mass is 9.97. The molecule has 3 aliphatic carbocycles. The van der Waals surface area contributed by atoms with Crippen LogP contribution in [0.25, 0.3) is 5.82 Å². The Balaban J connectivity index is 1.08. The van der Waals surface area contributed by atoms with Crippen molar-refractivity contribution >= 4 is 27.6 Å². The number of amides is 1. The molecular formula is C35H46FN7O4S. The molecule has 0 aromatic carbocycles. The van der Waals surface area contributed by atoms with Crippen molar-refractivity contribution in [2.75, 3.05) is 36.6 Å². The normalized spacial score (nSPS) is 22.1. The number of anilines is 2. The third-order valence-corrected chi connectivity index (χ3v) is 12.4. The molecule has 258 valence electrons. The fourth-order valence-electron chi connectivity index (χ4n) is 8.52. The molecule has 3 aromatic heterocycles. The number of carbonyl (C=O) groups excluding carboxylic acids is 1. The van der Waals surface area contributed by atoms with Gasteiger partial charge < -0.3 is 15.0 Å². The van der Waals surface area contributed by atoms with Crippen molar-refractivity contribution in [1.29, 1.82) is 0 Å². The summed E-state index contributed by atoms with van der Waals surface area (Å²) in [6.45, 7) is 9.54. The molecule has 13 heteroatoms. The number of halogens is 1.